The van der Waals surface area contributed by atoms with Gasteiger partial charge in [-0.1, -0.05) is 12.1 Å². The molecule has 0 radical (unpaired) electrons. The smallest absolute Gasteiger partial charge is 0.115 e. The summed E-state index contributed by atoms with van der Waals surface area (Å²) in [5, 5.41) is 13.3. The molecule has 0 aliphatic carbocycles. The Labute approximate surface area is 82.6 Å². The minimum Gasteiger partial charge on any atom is -0.508 e. The lowest BCUT2D eigenvalue weighted by molar-refractivity contribution is 0.475. The van der Waals surface area contributed by atoms with Crippen LogP contribution in [0.5, 0.6) is 5.75 Å². The highest BCUT2D eigenvalue weighted by Gasteiger charge is 2.05. The van der Waals surface area contributed by atoms with E-state index in [0.29, 0.717) is 0 Å². The van der Waals surface area contributed by atoms with E-state index in [4.69, 9.17) is 5.11 Å². The molecule has 3 heteroatoms. The molecule has 72 valence electrons. The minimum absolute atomic E-state index is 0.287. The molecule has 1 N–H and O–H groups in total. The number of rotatable bonds is 1. The van der Waals surface area contributed by atoms with Crippen LogP contribution in [0.15, 0.2) is 30.5 Å². The second-order valence-electron chi connectivity index (χ2n) is 3.31. The second kappa shape index (κ2) is 3.18. The van der Waals surface area contributed by atoms with Crippen molar-refractivity contribution in [2.45, 2.75) is 6.92 Å². The number of aryl methyl sites for hydroxylation is 1. The van der Waals surface area contributed by atoms with Crippen LogP contribution in [0.25, 0.3) is 11.1 Å². The first-order valence-corrected chi connectivity index (χ1v) is 4.46. The lowest BCUT2D eigenvalue weighted by Gasteiger charge is -2.00. The topological polar surface area (TPSA) is 38.1 Å². The van der Waals surface area contributed by atoms with Crippen LogP contribution in [0.4, 0.5) is 0 Å². The van der Waals surface area contributed by atoms with Gasteiger partial charge in [0.15, 0.2) is 0 Å². The molecule has 0 spiro atoms. The first-order chi connectivity index (χ1) is 6.68. The van der Waals surface area contributed by atoms with E-state index in [0.717, 1.165) is 16.8 Å². The zero-order chi connectivity index (χ0) is 10.1. The van der Waals surface area contributed by atoms with Crippen LogP contribution in [0.2, 0.25) is 0 Å². The van der Waals surface area contributed by atoms with Crippen LogP contribution < -0.4 is 0 Å². The van der Waals surface area contributed by atoms with Crippen molar-refractivity contribution < 1.29 is 5.11 Å². The third kappa shape index (κ3) is 1.37. The number of hydrogen-bond acceptors (Lipinski definition) is 2. The molecule has 1 aromatic carbocycles. The number of nitrogens with zero attached hydrogens (tertiary/aromatic N) is 2. The molecule has 0 amide bonds. The monoisotopic (exact) mass is 188 g/mol. The van der Waals surface area contributed by atoms with E-state index in [2.05, 4.69) is 5.10 Å². The van der Waals surface area contributed by atoms with Crippen LogP contribution in [0.1, 0.15) is 5.69 Å². The Balaban J connectivity index is 2.49. The number of phenolic OH excluding ortho intramolecular Hbond substituents is 1. The maximum atomic E-state index is 9.16. The van der Waals surface area contributed by atoms with Gasteiger partial charge < -0.3 is 5.11 Å². The molecule has 0 aliphatic heterocycles. The quantitative estimate of drug-likeness (QED) is 0.744. The van der Waals surface area contributed by atoms with Crippen molar-refractivity contribution in [3.8, 4) is 16.9 Å². The molecular formula is C11H12N2O. The predicted octanol–water partition coefficient (Wildman–Crippen LogP) is 2.10. The highest BCUT2D eigenvalue weighted by molar-refractivity contribution is 5.65. The van der Waals surface area contributed by atoms with Gasteiger partial charge in [0, 0.05) is 18.3 Å². The molecule has 0 atom stereocenters. The summed E-state index contributed by atoms with van der Waals surface area (Å²) in [6, 6.07) is 7.14. The maximum Gasteiger partial charge on any atom is 0.115 e. The lowest BCUT2D eigenvalue weighted by Crippen LogP contribution is -1.92. The first kappa shape index (κ1) is 8.81. The Hall–Kier alpha value is -1.77. The number of aromatic nitrogens is 2. The molecule has 0 aliphatic rings. The van der Waals surface area contributed by atoms with Gasteiger partial charge in [0.2, 0.25) is 0 Å². The van der Waals surface area contributed by atoms with Gasteiger partial charge in [-0.25, -0.2) is 0 Å². The molecule has 2 aromatic rings. The highest BCUT2D eigenvalue weighted by Crippen LogP contribution is 2.24. The summed E-state index contributed by atoms with van der Waals surface area (Å²) in [6.45, 7) is 2.02. The van der Waals surface area contributed by atoms with E-state index in [1.54, 1.807) is 12.1 Å². The number of aromatic hydroxyl groups is 1. The van der Waals surface area contributed by atoms with Crippen molar-refractivity contribution in [2.24, 2.45) is 7.05 Å². The van der Waals surface area contributed by atoms with Crippen molar-refractivity contribution >= 4 is 0 Å². The van der Waals surface area contributed by atoms with Crippen molar-refractivity contribution in [3.63, 3.8) is 0 Å². The first-order valence-electron chi connectivity index (χ1n) is 4.46. The lowest BCUT2D eigenvalue weighted by atomic mass is 10.1. The molecule has 0 fully saturated rings. The zero-order valence-corrected chi connectivity index (χ0v) is 8.23. The minimum atomic E-state index is 0.287. The fourth-order valence-corrected chi connectivity index (χ4v) is 1.42. The molecule has 3 nitrogen and oxygen atoms in total. The van der Waals surface area contributed by atoms with Gasteiger partial charge in [-0.15, -0.1) is 0 Å². The molecule has 1 aromatic heterocycles. The number of hydrogen-bond donors (Lipinski definition) is 1. The molecule has 14 heavy (non-hydrogen) atoms. The predicted molar refractivity (Wildman–Crippen MR) is 55.0 cm³/mol. The summed E-state index contributed by atoms with van der Waals surface area (Å²) in [7, 11) is 1.92. The third-order valence-corrected chi connectivity index (χ3v) is 2.41. The average Bonchev–Trinajstić information content (AvgIpc) is 2.50. The Kier molecular flexibility index (Phi) is 2.00. The SMILES string of the molecule is Cc1c(-c2ccc(O)cc2)cnn1C. The third-order valence-electron chi connectivity index (χ3n) is 2.41. The summed E-state index contributed by atoms with van der Waals surface area (Å²) in [5.41, 5.74) is 3.30. The Bertz CT molecular complexity index is 443. The molecule has 2 rings (SSSR count). The average molecular weight is 188 g/mol. The van der Waals surface area contributed by atoms with E-state index in [1.165, 1.54) is 0 Å². The largest absolute Gasteiger partial charge is 0.508 e. The summed E-state index contributed by atoms with van der Waals surface area (Å²) in [5.74, 6) is 0.287. The van der Waals surface area contributed by atoms with Crippen LogP contribution in [0.3, 0.4) is 0 Å². The maximum absolute atomic E-state index is 9.16. The van der Waals surface area contributed by atoms with Gasteiger partial charge in [-0.2, -0.15) is 5.10 Å². The van der Waals surface area contributed by atoms with Crippen molar-refractivity contribution in [1.29, 1.82) is 0 Å². The summed E-state index contributed by atoms with van der Waals surface area (Å²) >= 11 is 0. The molecule has 1 heterocycles. The van der Waals surface area contributed by atoms with E-state index in [-0.39, 0.29) is 5.75 Å². The van der Waals surface area contributed by atoms with Crippen LogP contribution in [-0.2, 0) is 7.05 Å². The number of benzene rings is 1. The fraction of sp³-hybridized carbons (Fsp3) is 0.182. The van der Waals surface area contributed by atoms with Gasteiger partial charge >= 0.3 is 0 Å². The molecule has 0 unspecified atom stereocenters. The van der Waals surface area contributed by atoms with Gasteiger partial charge in [0.25, 0.3) is 0 Å². The fourth-order valence-electron chi connectivity index (χ4n) is 1.42. The van der Waals surface area contributed by atoms with Crippen LogP contribution in [-0.4, -0.2) is 14.9 Å². The Morgan fingerprint density at radius 2 is 1.86 bits per heavy atom. The van der Waals surface area contributed by atoms with E-state index < -0.39 is 0 Å². The van der Waals surface area contributed by atoms with Crippen molar-refractivity contribution in [3.05, 3.63) is 36.2 Å². The van der Waals surface area contributed by atoms with Gasteiger partial charge in [0.05, 0.1) is 6.20 Å². The van der Waals surface area contributed by atoms with Gasteiger partial charge in [-0.3, -0.25) is 4.68 Å². The Morgan fingerprint density at radius 3 is 2.36 bits per heavy atom. The van der Waals surface area contributed by atoms with E-state index >= 15 is 0 Å². The van der Waals surface area contributed by atoms with E-state index in [1.807, 2.05) is 37.0 Å². The summed E-state index contributed by atoms with van der Waals surface area (Å²) in [6.07, 6.45) is 1.84. The Morgan fingerprint density at radius 1 is 1.21 bits per heavy atom. The molecular weight excluding hydrogens is 176 g/mol. The van der Waals surface area contributed by atoms with Crippen molar-refractivity contribution in [1.82, 2.24) is 9.78 Å². The second-order valence-corrected chi connectivity index (χ2v) is 3.31. The van der Waals surface area contributed by atoms with Gasteiger partial charge in [-0.05, 0) is 24.6 Å². The zero-order valence-electron chi connectivity index (χ0n) is 8.23. The van der Waals surface area contributed by atoms with Crippen molar-refractivity contribution in [2.75, 3.05) is 0 Å². The van der Waals surface area contributed by atoms with Crippen LogP contribution in [0, 0.1) is 6.92 Å². The molecule has 0 saturated heterocycles. The van der Waals surface area contributed by atoms with E-state index in [9.17, 15) is 0 Å². The highest BCUT2D eigenvalue weighted by atomic mass is 16.3. The normalized spacial score (nSPS) is 10.4. The molecule has 0 bridgehead atoms. The van der Waals surface area contributed by atoms with Gasteiger partial charge in [0.1, 0.15) is 5.75 Å². The molecule has 0 saturated carbocycles. The standard InChI is InChI=1S/C11H12N2O/c1-8-11(7-12-13(8)2)9-3-5-10(14)6-4-9/h3-7,14H,1-2H3. The number of phenols is 1. The van der Waals surface area contributed by atoms with Crippen LogP contribution >= 0.6 is 0 Å². The summed E-state index contributed by atoms with van der Waals surface area (Å²) in [4.78, 5) is 0. The summed E-state index contributed by atoms with van der Waals surface area (Å²) < 4.78 is 1.84.